The number of amides is 3. The highest BCUT2D eigenvalue weighted by atomic mass is 32.1. The Kier molecular flexibility index (Phi) is 6.86. The highest BCUT2D eigenvalue weighted by molar-refractivity contribution is 7.12. The molecule has 1 aliphatic rings. The van der Waals surface area contributed by atoms with E-state index in [1.807, 2.05) is 11.4 Å². The summed E-state index contributed by atoms with van der Waals surface area (Å²) in [6.07, 6.45) is 0. The molecule has 0 aliphatic carbocycles. The van der Waals surface area contributed by atoms with Crippen LogP contribution in [0, 0.1) is 0 Å². The van der Waals surface area contributed by atoms with E-state index in [9.17, 15) is 14.4 Å². The maximum absolute atomic E-state index is 12.7. The first-order valence-corrected chi connectivity index (χ1v) is 10.2. The molecule has 0 spiro atoms. The molecule has 8 nitrogen and oxygen atoms in total. The van der Waals surface area contributed by atoms with Crippen LogP contribution in [0.2, 0.25) is 0 Å². The van der Waals surface area contributed by atoms with E-state index in [1.165, 1.54) is 23.3 Å². The number of thiophene rings is 1. The SMILES string of the molecule is COCCOC(=O)C1=C(C)N(C)C(=O)NC1c1ccc(NC(=O)c2cccs2)cc1. The van der Waals surface area contributed by atoms with Crippen LogP contribution < -0.4 is 10.6 Å². The van der Waals surface area contributed by atoms with Gasteiger partial charge in [0.2, 0.25) is 0 Å². The average molecular weight is 429 g/mol. The van der Waals surface area contributed by atoms with E-state index in [1.54, 1.807) is 44.3 Å². The smallest absolute Gasteiger partial charge is 0.338 e. The van der Waals surface area contributed by atoms with Crippen molar-refractivity contribution in [3.05, 3.63) is 63.5 Å². The minimum Gasteiger partial charge on any atom is -0.460 e. The van der Waals surface area contributed by atoms with Crippen LogP contribution in [0.3, 0.4) is 0 Å². The molecule has 1 atom stereocenters. The number of nitrogens with one attached hydrogen (secondary N) is 2. The van der Waals surface area contributed by atoms with E-state index >= 15 is 0 Å². The summed E-state index contributed by atoms with van der Waals surface area (Å²) in [4.78, 5) is 39.2. The minimum absolute atomic E-state index is 0.115. The molecule has 9 heteroatoms. The summed E-state index contributed by atoms with van der Waals surface area (Å²) in [5, 5.41) is 7.49. The monoisotopic (exact) mass is 429 g/mol. The number of carbonyl (C=O) groups excluding carboxylic acids is 3. The molecule has 0 bridgehead atoms. The van der Waals surface area contributed by atoms with Crippen LogP contribution in [0.25, 0.3) is 0 Å². The third kappa shape index (κ3) is 4.69. The molecular formula is C21H23N3O5S. The maximum atomic E-state index is 12.7. The summed E-state index contributed by atoms with van der Waals surface area (Å²) in [5.41, 5.74) is 2.18. The lowest BCUT2D eigenvalue weighted by molar-refractivity contribution is -0.140. The van der Waals surface area contributed by atoms with E-state index in [4.69, 9.17) is 9.47 Å². The number of hydrogen-bond acceptors (Lipinski definition) is 6. The lowest BCUT2D eigenvalue weighted by atomic mass is 9.95. The Balaban J connectivity index is 1.81. The van der Waals surface area contributed by atoms with Crippen molar-refractivity contribution in [2.24, 2.45) is 0 Å². The molecule has 1 aliphatic heterocycles. The second-order valence-electron chi connectivity index (χ2n) is 6.62. The van der Waals surface area contributed by atoms with Crippen molar-refractivity contribution in [2.45, 2.75) is 13.0 Å². The summed E-state index contributed by atoms with van der Waals surface area (Å²) < 4.78 is 10.2. The summed E-state index contributed by atoms with van der Waals surface area (Å²) in [6.45, 7) is 2.10. The van der Waals surface area contributed by atoms with Crippen LogP contribution in [-0.4, -0.2) is 50.2 Å². The Hall–Kier alpha value is -3.17. The topological polar surface area (TPSA) is 97.0 Å². The standard InChI is InChI=1S/C21H23N3O5S/c1-13-17(20(26)29-11-10-28-3)18(23-21(27)24(13)2)14-6-8-15(9-7-14)22-19(25)16-5-4-12-30-16/h4-9,12,18H,10-11H2,1-3H3,(H,22,25)(H,23,27). The summed E-state index contributed by atoms with van der Waals surface area (Å²) >= 11 is 1.36. The van der Waals surface area contributed by atoms with Gasteiger partial charge in [0.25, 0.3) is 5.91 Å². The second-order valence-corrected chi connectivity index (χ2v) is 7.57. The van der Waals surface area contributed by atoms with Gasteiger partial charge in [0.1, 0.15) is 6.61 Å². The Morgan fingerprint density at radius 3 is 2.57 bits per heavy atom. The number of ether oxygens (including phenoxy) is 2. The number of allylic oxidation sites excluding steroid dienone is 1. The molecular weight excluding hydrogens is 406 g/mol. The zero-order chi connectivity index (χ0) is 21.7. The molecule has 2 N–H and O–H groups in total. The molecule has 1 aromatic carbocycles. The zero-order valence-corrected chi connectivity index (χ0v) is 17.7. The lowest BCUT2D eigenvalue weighted by Gasteiger charge is -2.33. The van der Waals surface area contributed by atoms with E-state index in [-0.39, 0.29) is 25.2 Å². The van der Waals surface area contributed by atoms with Crippen molar-refractivity contribution < 1.29 is 23.9 Å². The van der Waals surface area contributed by atoms with E-state index in [0.29, 0.717) is 27.4 Å². The van der Waals surface area contributed by atoms with Gasteiger partial charge in [-0.3, -0.25) is 4.79 Å². The van der Waals surface area contributed by atoms with Crippen LogP contribution in [0.1, 0.15) is 28.2 Å². The van der Waals surface area contributed by atoms with E-state index in [0.717, 1.165) is 0 Å². The van der Waals surface area contributed by atoms with Gasteiger partial charge < -0.3 is 25.0 Å². The first-order valence-electron chi connectivity index (χ1n) is 9.28. The summed E-state index contributed by atoms with van der Waals surface area (Å²) in [7, 11) is 3.11. The Bertz CT molecular complexity index is 954. The number of carbonyl (C=O) groups is 3. The molecule has 0 saturated carbocycles. The van der Waals surface area contributed by atoms with Crippen LogP contribution in [0.15, 0.2) is 53.0 Å². The fourth-order valence-corrected chi connectivity index (χ4v) is 3.62. The molecule has 0 radical (unpaired) electrons. The van der Waals surface area contributed by atoms with Gasteiger partial charge in [-0.1, -0.05) is 18.2 Å². The molecule has 158 valence electrons. The average Bonchev–Trinajstić information content (AvgIpc) is 3.27. The molecule has 2 aromatic rings. The number of esters is 1. The van der Waals surface area contributed by atoms with Crippen LogP contribution in [-0.2, 0) is 14.3 Å². The number of nitrogens with zero attached hydrogens (tertiary/aromatic N) is 1. The Labute approximate surface area is 178 Å². The maximum Gasteiger partial charge on any atom is 0.338 e. The highest BCUT2D eigenvalue weighted by Gasteiger charge is 2.35. The summed E-state index contributed by atoms with van der Waals surface area (Å²) in [6, 6.07) is 9.56. The molecule has 2 heterocycles. The van der Waals surface area contributed by atoms with Crippen molar-refractivity contribution in [3.63, 3.8) is 0 Å². The molecule has 0 saturated heterocycles. The van der Waals surface area contributed by atoms with Gasteiger partial charge in [-0.25, -0.2) is 9.59 Å². The largest absolute Gasteiger partial charge is 0.460 e. The van der Waals surface area contributed by atoms with Gasteiger partial charge >= 0.3 is 12.0 Å². The third-order valence-corrected chi connectivity index (χ3v) is 5.61. The number of methoxy groups -OCH3 is 1. The summed E-state index contributed by atoms with van der Waals surface area (Å²) in [5.74, 6) is -0.708. The van der Waals surface area contributed by atoms with Gasteiger partial charge in [0, 0.05) is 25.5 Å². The van der Waals surface area contributed by atoms with Gasteiger partial charge in [-0.15, -0.1) is 11.3 Å². The normalized spacial score (nSPS) is 16.3. The van der Waals surface area contributed by atoms with Gasteiger partial charge in [-0.05, 0) is 36.1 Å². The van der Waals surface area contributed by atoms with Crippen molar-refractivity contribution >= 4 is 34.9 Å². The third-order valence-electron chi connectivity index (χ3n) is 4.74. The van der Waals surface area contributed by atoms with Crippen molar-refractivity contribution in [1.82, 2.24) is 10.2 Å². The number of urea groups is 1. The number of rotatable bonds is 7. The predicted molar refractivity (Wildman–Crippen MR) is 113 cm³/mol. The molecule has 30 heavy (non-hydrogen) atoms. The van der Waals surface area contributed by atoms with Gasteiger partial charge in [-0.2, -0.15) is 0 Å². The number of benzene rings is 1. The van der Waals surface area contributed by atoms with Gasteiger partial charge in [0.05, 0.1) is 23.1 Å². The lowest BCUT2D eigenvalue weighted by Crippen LogP contribution is -2.46. The van der Waals surface area contributed by atoms with Crippen molar-refractivity contribution in [1.29, 1.82) is 0 Å². The Morgan fingerprint density at radius 1 is 1.20 bits per heavy atom. The fraction of sp³-hybridized carbons (Fsp3) is 0.286. The van der Waals surface area contributed by atoms with Crippen LogP contribution in [0.5, 0.6) is 0 Å². The number of anilines is 1. The van der Waals surface area contributed by atoms with Gasteiger partial charge in [0.15, 0.2) is 0 Å². The highest BCUT2D eigenvalue weighted by Crippen LogP contribution is 2.31. The molecule has 1 aromatic heterocycles. The first-order chi connectivity index (χ1) is 14.4. The Morgan fingerprint density at radius 2 is 1.93 bits per heavy atom. The van der Waals surface area contributed by atoms with Crippen molar-refractivity contribution in [3.8, 4) is 0 Å². The molecule has 3 rings (SSSR count). The quantitative estimate of drug-likeness (QED) is 0.521. The van der Waals surface area contributed by atoms with Crippen LogP contribution >= 0.6 is 11.3 Å². The second kappa shape index (κ2) is 9.55. The molecule has 0 fully saturated rings. The van der Waals surface area contributed by atoms with E-state index < -0.39 is 12.0 Å². The molecule has 1 unspecified atom stereocenters. The first kappa shape index (κ1) is 21.5. The zero-order valence-electron chi connectivity index (χ0n) is 16.9. The number of hydrogen-bond donors (Lipinski definition) is 2. The minimum atomic E-state index is -0.661. The van der Waals surface area contributed by atoms with Crippen LogP contribution in [0.4, 0.5) is 10.5 Å². The molecule has 3 amide bonds. The van der Waals surface area contributed by atoms with Crippen molar-refractivity contribution in [2.75, 3.05) is 32.7 Å². The van der Waals surface area contributed by atoms with E-state index in [2.05, 4.69) is 10.6 Å². The predicted octanol–water partition coefficient (Wildman–Crippen LogP) is 3.16. The fourth-order valence-electron chi connectivity index (χ4n) is 3.00.